The highest BCUT2D eigenvalue weighted by Crippen LogP contribution is 2.22. The zero-order valence-corrected chi connectivity index (χ0v) is 12.4. The number of esters is 1. The Bertz CT molecular complexity index is 1120. The second-order valence-electron chi connectivity index (χ2n) is 5.32. The molecule has 0 aliphatic heterocycles. The van der Waals surface area contributed by atoms with Crippen molar-refractivity contribution < 1.29 is 9.53 Å². The SMILES string of the molecule is COC(=O)Cc1ccc2nc3c4ccccc4[nH]c(=O)n3c2c1. The van der Waals surface area contributed by atoms with Gasteiger partial charge in [0, 0.05) is 5.39 Å². The molecule has 0 aliphatic rings. The summed E-state index contributed by atoms with van der Waals surface area (Å²) in [4.78, 5) is 31.3. The number of rotatable bonds is 2. The molecule has 23 heavy (non-hydrogen) atoms. The average molecular weight is 307 g/mol. The smallest absolute Gasteiger partial charge is 0.332 e. The Balaban J connectivity index is 2.06. The number of nitrogens with zero attached hydrogens (tertiary/aromatic N) is 2. The maximum Gasteiger partial charge on any atom is 0.332 e. The third-order valence-corrected chi connectivity index (χ3v) is 3.91. The molecule has 0 saturated carbocycles. The molecule has 6 heteroatoms. The topological polar surface area (TPSA) is 76.5 Å². The summed E-state index contributed by atoms with van der Waals surface area (Å²) in [7, 11) is 1.35. The second-order valence-corrected chi connectivity index (χ2v) is 5.32. The minimum atomic E-state index is -0.322. The van der Waals surface area contributed by atoms with E-state index >= 15 is 0 Å². The van der Waals surface area contributed by atoms with Crippen molar-refractivity contribution in [1.29, 1.82) is 0 Å². The first-order valence-corrected chi connectivity index (χ1v) is 7.16. The minimum absolute atomic E-state index is 0.158. The Morgan fingerprint density at radius 3 is 2.91 bits per heavy atom. The molecule has 0 saturated heterocycles. The number of methoxy groups -OCH3 is 1. The van der Waals surface area contributed by atoms with Crippen LogP contribution in [-0.4, -0.2) is 27.4 Å². The fourth-order valence-electron chi connectivity index (χ4n) is 2.81. The number of hydrogen-bond acceptors (Lipinski definition) is 4. The van der Waals surface area contributed by atoms with Crippen LogP contribution in [0.4, 0.5) is 0 Å². The number of H-pyrrole nitrogens is 1. The van der Waals surface area contributed by atoms with E-state index in [2.05, 4.69) is 14.7 Å². The highest BCUT2D eigenvalue weighted by Gasteiger charge is 2.12. The lowest BCUT2D eigenvalue weighted by Gasteiger charge is -2.02. The van der Waals surface area contributed by atoms with Crippen molar-refractivity contribution in [3.63, 3.8) is 0 Å². The summed E-state index contributed by atoms with van der Waals surface area (Å²) >= 11 is 0. The van der Waals surface area contributed by atoms with Crippen molar-refractivity contribution in [3.05, 3.63) is 58.5 Å². The van der Waals surface area contributed by atoms with Crippen LogP contribution in [-0.2, 0) is 16.0 Å². The number of aromatic nitrogens is 3. The van der Waals surface area contributed by atoms with E-state index in [1.165, 1.54) is 7.11 Å². The number of para-hydroxylation sites is 1. The molecule has 114 valence electrons. The Morgan fingerprint density at radius 1 is 1.26 bits per heavy atom. The quantitative estimate of drug-likeness (QED) is 0.575. The van der Waals surface area contributed by atoms with Gasteiger partial charge in [-0.25, -0.2) is 14.2 Å². The third-order valence-electron chi connectivity index (χ3n) is 3.91. The minimum Gasteiger partial charge on any atom is -0.469 e. The van der Waals surface area contributed by atoms with Gasteiger partial charge in [-0.3, -0.25) is 4.79 Å². The number of carbonyl (C=O) groups is 1. The molecule has 2 aromatic heterocycles. The van der Waals surface area contributed by atoms with Gasteiger partial charge in [0.2, 0.25) is 0 Å². The van der Waals surface area contributed by atoms with Gasteiger partial charge in [-0.1, -0.05) is 18.2 Å². The van der Waals surface area contributed by atoms with Gasteiger partial charge in [-0.05, 0) is 29.8 Å². The monoisotopic (exact) mass is 307 g/mol. The molecule has 0 spiro atoms. The van der Waals surface area contributed by atoms with E-state index in [0.717, 1.165) is 16.5 Å². The summed E-state index contributed by atoms with van der Waals surface area (Å²) in [5, 5.41) is 0.873. The molecule has 4 aromatic rings. The molecule has 1 N–H and O–H groups in total. The van der Waals surface area contributed by atoms with Crippen LogP contribution in [0.5, 0.6) is 0 Å². The molecule has 2 aromatic carbocycles. The standard InChI is InChI=1S/C17H13N3O3/c1-23-15(21)9-10-6-7-13-14(8-10)20-16(18-13)11-4-2-3-5-12(11)19-17(20)22/h2-8H,9H2,1H3,(H,19,22). The highest BCUT2D eigenvalue weighted by atomic mass is 16.5. The fourth-order valence-corrected chi connectivity index (χ4v) is 2.81. The van der Waals surface area contributed by atoms with E-state index in [0.29, 0.717) is 16.7 Å². The zero-order valence-electron chi connectivity index (χ0n) is 12.4. The van der Waals surface area contributed by atoms with Gasteiger partial charge in [0.15, 0.2) is 5.65 Å². The maximum absolute atomic E-state index is 12.4. The number of ether oxygens (including phenoxy) is 1. The van der Waals surface area contributed by atoms with Crippen LogP contribution in [0.3, 0.4) is 0 Å². The summed E-state index contributed by atoms with van der Waals surface area (Å²) in [5.74, 6) is -0.322. The second kappa shape index (κ2) is 4.95. The van der Waals surface area contributed by atoms with E-state index < -0.39 is 0 Å². The molecule has 0 atom stereocenters. The van der Waals surface area contributed by atoms with Gasteiger partial charge in [0.05, 0.1) is 30.1 Å². The van der Waals surface area contributed by atoms with Crippen molar-refractivity contribution in [2.75, 3.05) is 7.11 Å². The Kier molecular flexibility index (Phi) is 2.90. The summed E-state index contributed by atoms with van der Waals surface area (Å²) in [6, 6.07) is 13.0. The molecule has 0 radical (unpaired) electrons. The summed E-state index contributed by atoms with van der Waals surface area (Å²) in [6.07, 6.45) is 0.158. The lowest BCUT2D eigenvalue weighted by Crippen LogP contribution is -2.16. The van der Waals surface area contributed by atoms with Crippen molar-refractivity contribution in [2.45, 2.75) is 6.42 Å². The number of fused-ring (bicyclic) bond motifs is 5. The largest absolute Gasteiger partial charge is 0.469 e. The Hall–Kier alpha value is -3.15. The molecule has 0 unspecified atom stereocenters. The van der Waals surface area contributed by atoms with Crippen LogP contribution in [0.15, 0.2) is 47.3 Å². The van der Waals surface area contributed by atoms with Crippen LogP contribution in [0.25, 0.3) is 27.6 Å². The van der Waals surface area contributed by atoms with Gasteiger partial charge in [-0.2, -0.15) is 0 Å². The first-order chi connectivity index (χ1) is 11.2. The number of nitrogens with one attached hydrogen (secondary N) is 1. The molecule has 0 aliphatic carbocycles. The van der Waals surface area contributed by atoms with Crippen LogP contribution >= 0.6 is 0 Å². The van der Waals surface area contributed by atoms with Crippen LogP contribution in [0, 0.1) is 0 Å². The molecule has 0 bridgehead atoms. The predicted octanol–water partition coefficient (Wildman–Crippen LogP) is 2.04. The summed E-state index contributed by atoms with van der Waals surface area (Å²) < 4.78 is 6.23. The van der Waals surface area contributed by atoms with Crippen LogP contribution in [0.1, 0.15) is 5.56 Å². The van der Waals surface area contributed by atoms with Gasteiger partial charge < -0.3 is 9.72 Å². The maximum atomic E-state index is 12.4. The average Bonchev–Trinajstić information content (AvgIpc) is 2.94. The predicted molar refractivity (Wildman–Crippen MR) is 86.5 cm³/mol. The number of hydrogen-bond donors (Lipinski definition) is 1. The van der Waals surface area contributed by atoms with Crippen molar-refractivity contribution in [1.82, 2.24) is 14.4 Å². The first-order valence-electron chi connectivity index (χ1n) is 7.16. The fraction of sp³-hybridized carbons (Fsp3) is 0.118. The molecule has 6 nitrogen and oxygen atoms in total. The summed E-state index contributed by atoms with van der Waals surface area (Å²) in [6.45, 7) is 0. The molecule has 0 fully saturated rings. The van der Waals surface area contributed by atoms with Crippen LogP contribution in [0.2, 0.25) is 0 Å². The van der Waals surface area contributed by atoms with E-state index in [-0.39, 0.29) is 18.1 Å². The molecule has 2 heterocycles. The normalized spacial score (nSPS) is 11.3. The van der Waals surface area contributed by atoms with Crippen molar-refractivity contribution >= 4 is 33.6 Å². The summed E-state index contributed by atoms with van der Waals surface area (Å²) in [5.41, 5.74) is 3.26. The Morgan fingerprint density at radius 2 is 2.09 bits per heavy atom. The van der Waals surface area contributed by atoms with Gasteiger partial charge in [0.1, 0.15) is 0 Å². The number of carbonyl (C=O) groups excluding carboxylic acids is 1. The highest BCUT2D eigenvalue weighted by molar-refractivity contribution is 5.96. The van der Waals surface area contributed by atoms with Crippen LogP contribution < -0.4 is 5.69 Å². The molecular formula is C17H13N3O3. The van der Waals surface area contributed by atoms with Gasteiger partial charge in [-0.15, -0.1) is 0 Å². The number of benzene rings is 2. The van der Waals surface area contributed by atoms with E-state index in [9.17, 15) is 9.59 Å². The molecule has 0 amide bonds. The Labute approximate surface area is 130 Å². The first kappa shape index (κ1) is 13.5. The van der Waals surface area contributed by atoms with Crippen molar-refractivity contribution in [3.8, 4) is 0 Å². The number of imidazole rings is 1. The van der Waals surface area contributed by atoms with Crippen molar-refractivity contribution in [2.24, 2.45) is 0 Å². The zero-order chi connectivity index (χ0) is 16.0. The molecular weight excluding hydrogens is 294 g/mol. The van der Waals surface area contributed by atoms with E-state index in [4.69, 9.17) is 0 Å². The number of aromatic amines is 1. The lowest BCUT2D eigenvalue weighted by molar-refractivity contribution is -0.139. The van der Waals surface area contributed by atoms with Gasteiger partial charge >= 0.3 is 11.7 Å². The van der Waals surface area contributed by atoms with E-state index in [1.807, 2.05) is 36.4 Å². The molecule has 4 rings (SSSR count). The lowest BCUT2D eigenvalue weighted by atomic mass is 10.1. The van der Waals surface area contributed by atoms with E-state index in [1.54, 1.807) is 10.5 Å². The van der Waals surface area contributed by atoms with Gasteiger partial charge in [0.25, 0.3) is 0 Å². The third kappa shape index (κ3) is 2.07.